The van der Waals surface area contributed by atoms with Gasteiger partial charge in [-0.2, -0.15) is 5.10 Å². The molecule has 2 aromatic carbocycles. The normalized spacial score (nSPS) is 16.2. The van der Waals surface area contributed by atoms with Crippen LogP contribution in [0.1, 0.15) is 23.6 Å². The number of anilines is 1. The number of fused-ring (bicyclic) bond motifs is 1. The molecule has 1 aliphatic heterocycles. The molecule has 0 fully saturated rings. The van der Waals surface area contributed by atoms with E-state index >= 15 is 0 Å². The highest BCUT2D eigenvalue weighted by Crippen LogP contribution is 2.38. The molecule has 0 bridgehead atoms. The van der Waals surface area contributed by atoms with Crippen molar-refractivity contribution in [3.05, 3.63) is 75.6 Å². The van der Waals surface area contributed by atoms with Crippen LogP contribution in [-0.4, -0.2) is 24.7 Å². The summed E-state index contributed by atoms with van der Waals surface area (Å²) in [6.45, 7) is 5.62. The van der Waals surface area contributed by atoms with Crippen LogP contribution in [0.5, 0.6) is 0 Å². The van der Waals surface area contributed by atoms with Crippen LogP contribution in [-0.2, 0) is 16.4 Å². The van der Waals surface area contributed by atoms with Gasteiger partial charge in [-0.15, -0.1) is 0 Å². The maximum absolute atomic E-state index is 13.7. The summed E-state index contributed by atoms with van der Waals surface area (Å²) in [6, 6.07) is 14.0. The third kappa shape index (κ3) is 2.92. The number of aromatic nitrogens is 2. The smallest absolute Gasteiger partial charge is 0.264 e. The largest absolute Gasteiger partial charge is 0.268 e. The van der Waals surface area contributed by atoms with Crippen molar-refractivity contribution in [2.75, 3.05) is 4.31 Å². The number of rotatable bonds is 3. The third-order valence-corrected chi connectivity index (χ3v) is 7.33. The summed E-state index contributed by atoms with van der Waals surface area (Å²) in [5.41, 5.74) is 4.20. The molecule has 1 aromatic heterocycles. The summed E-state index contributed by atoms with van der Waals surface area (Å²) in [5.74, 6) is 0. The van der Waals surface area contributed by atoms with Crippen molar-refractivity contribution < 1.29 is 8.42 Å². The van der Waals surface area contributed by atoms with Crippen LogP contribution in [0, 0.1) is 13.8 Å². The van der Waals surface area contributed by atoms with E-state index in [1.165, 1.54) is 10.4 Å². The molecule has 0 saturated heterocycles. The quantitative estimate of drug-likeness (QED) is 0.738. The fraction of sp³-hybridized carbons (Fsp3) is 0.238. The SMILES string of the molecule is Cc1cc(-c2ccc(=O)[nH]n2)cc(S(=O)(=O)N2c3ccccc3C[C@H]2C)c1C. The number of benzene rings is 2. The van der Waals surface area contributed by atoms with Gasteiger partial charge in [0.2, 0.25) is 0 Å². The van der Waals surface area contributed by atoms with Gasteiger partial charge in [0.05, 0.1) is 16.3 Å². The highest BCUT2D eigenvalue weighted by atomic mass is 32.2. The molecule has 144 valence electrons. The lowest BCUT2D eigenvalue weighted by Crippen LogP contribution is -2.36. The second kappa shape index (κ2) is 6.60. The summed E-state index contributed by atoms with van der Waals surface area (Å²) >= 11 is 0. The van der Waals surface area contributed by atoms with Crippen molar-refractivity contribution in [1.82, 2.24) is 10.2 Å². The summed E-state index contributed by atoms with van der Waals surface area (Å²) in [7, 11) is -3.76. The Kier molecular flexibility index (Phi) is 4.34. The van der Waals surface area contributed by atoms with Crippen LogP contribution < -0.4 is 9.86 Å². The molecular weight excluding hydrogens is 374 g/mol. The Morgan fingerprint density at radius 1 is 1.11 bits per heavy atom. The number of aromatic amines is 1. The minimum atomic E-state index is -3.76. The number of H-pyrrole nitrogens is 1. The molecule has 1 aliphatic rings. The van der Waals surface area contributed by atoms with Gasteiger partial charge in [0.25, 0.3) is 15.6 Å². The molecule has 1 N–H and O–H groups in total. The zero-order valence-electron chi connectivity index (χ0n) is 15.9. The molecule has 7 heteroatoms. The van der Waals surface area contributed by atoms with Gasteiger partial charge in [-0.3, -0.25) is 9.10 Å². The maximum atomic E-state index is 13.7. The Morgan fingerprint density at radius 3 is 2.57 bits per heavy atom. The number of nitrogens with zero attached hydrogens (tertiary/aromatic N) is 2. The van der Waals surface area contributed by atoms with E-state index in [2.05, 4.69) is 10.2 Å². The fourth-order valence-electron chi connectivity index (χ4n) is 3.76. The van der Waals surface area contributed by atoms with E-state index in [-0.39, 0.29) is 16.5 Å². The molecule has 3 aromatic rings. The number of nitrogens with one attached hydrogen (secondary N) is 1. The van der Waals surface area contributed by atoms with E-state index < -0.39 is 10.0 Å². The first-order chi connectivity index (χ1) is 13.3. The number of aryl methyl sites for hydroxylation is 1. The van der Waals surface area contributed by atoms with Crippen LogP contribution in [0.15, 0.2) is 58.2 Å². The molecule has 6 nitrogen and oxygen atoms in total. The molecule has 0 amide bonds. The van der Waals surface area contributed by atoms with Crippen molar-refractivity contribution >= 4 is 15.7 Å². The van der Waals surface area contributed by atoms with Crippen LogP contribution in [0.3, 0.4) is 0 Å². The van der Waals surface area contributed by atoms with Gasteiger partial charge in [0.15, 0.2) is 0 Å². The minimum Gasteiger partial charge on any atom is -0.268 e. The first kappa shape index (κ1) is 18.4. The third-order valence-electron chi connectivity index (χ3n) is 5.28. The molecule has 2 heterocycles. The zero-order chi connectivity index (χ0) is 20.1. The Labute approximate surface area is 163 Å². The summed E-state index contributed by atoms with van der Waals surface area (Å²) in [4.78, 5) is 11.6. The number of para-hydroxylation sites is 1. The van der Waals surface area contributed by atoms with E-state index in [9.17, 15) is 13.2 Å². The van der Waals surface area contributed by atoms with E-state index in [1.54, 1.807) is 12.1 Å². The number of hydrogen-bond donors (Lipinski definition) is 1. The predicted octanol–water partition coefficient (Wildman–Crippen LogP) is 3.19. The van der Waals surface area contributed by atoms with Crippen LogP contribution in [0.4, 0.5) is 5.69 Å². The first-order valence-electron chi connectivity index (χ1n) is 9.09. The average molecular weight is 395 g/mol. The van der Waals surface area contributed by atoms with Crippen molar-refractivity contribution in [3.8, 4) is 11.3 Å². The molecule has 0 spiro atoms. The Morgan fingerprint density at radius 2 is 1.86 bits per heavy atom. The second-order valence-corrected chi connectivity index (χ2v) is 8.99. The number of hydrogen-bond acceptors (Lipinski definition) is 4. The molecule has 4 rings (SSSR count). The number of sulfonamides is 1. The van der Waals surface area contributed by atoms with Crippen molar-refractivity contribution in [3.63, 3.8) is 0 Å². The molecule has 28 heavy (non-hydrogen) atoms. The van der Waals surface area contributed by atoms with E-state index in [0.29, 0.717) is 23.2 Å². The van der Waals surface area contributed by atoms with E-state index in [1.807, 2.05) is 51.1 Å². The highest BCUT2D eigenvalue weighted by Gasteiger charge is 2.37. The lowest BCUT2D eigenvalue weighted by molar-refractivity contribution is 0.583. The second-order valence-electron chi connectivity index (χ2n) is 7.21. The summed E-state index contributed by atoms with van der Waals surface area (Å²) in [5, 5.41) is 6.45. The van der Waals surface area contributed by atoms with E-state index in [4.69, 9.17) is 0 Å². The topological polar surface area (TPSA) is 83.1 Å². The van der Waals surface area contributed by atoms with Crippen molar-refractivity contribution in [2.24, 2.45) is 0 Å². The van der Waals surface area contributed by atoms with Gasteiger partial charge >= 0.3 is 0 Å². The molecule has 0 unspecified atom stereocenters. The van der Waals surface area contributed by atoms with Gasteiger partial charge in [0.1, 0.15) is 0 Å². The van der Waals surface area contributed by atoms with Gasteiger partial charge in [-0.25, -0.2) is 13.5 Å². The van der Waals surface area contributed by atoms with Gasteiger partial charge in [-0.05, 0) is 68.1 Å². The van der Waals surface area contributed by atoms with Gasteiger partial charge in [-0.1, -0.05) is 18.2 Å². The summed E-state index contributed by atoms with van der Waals surface area (Å²) < 4.78 is 28.9. The monoisotopic (exact) mass is 395 g/mol. The zero-order valence-corrected chi connectivity index (χ0v) is 16.7. The fourth-order valence-corrected chi connectivity index (χ4v) is 5.78. The van der Waals surface area contributed by atoms with Crippen LogP contribution in [0.2, 0.25) is 0 Å². The molecule has 0 saturated carbocycles. The average Bonchev–Trinajstić information content (AvgIpc) is 3.00. The minimum absolute atomic E-state index is 0.156. The maximum Gasteiger partial charge on any atom is 0.264 e. The lowest BCUT2D eigenvalue weighted by Gasteiger charge is -2.26. The predicted molar refractivity (Wildman–Crippen MR) is 109 cm³/mol. The summed E-state index contributed by atoms with van der Waals surface area (Å²) in [6.07, 6.45) is 0.689. The van der Waals surface area contributed by atoms with Crippen LogP contribution >= 0.6 is 0 Å². The van der Waals surface area contributed by atoms with Crippen molar-refractivity contribution in [2.45, 2.75) is 38.1 Å². The Hall–Kier alpha value is -2.93. The van der Waals surface area contributed by atoms with Crippen molar-refractivity contribution in [1.29, 1.82) is 0 Å². The Balaban J connectivity index is 1.89. The molecule has 0 radical (unpaired) electrons. The highest BCUT2D eigenvalue weighted by molar-refractivity contribution is 7.93. The first-order valence-corrected chi connectivity index (χ1v) is 10.5. The molecule has 1 atom stereocenters. The lowest BCUT2D eigenvalue weighted by atomic mass is 10.0. The van der Waals surface area contributed by atoms with E-state index in [0.717, 1.165) is 16.8 Å². The van der Waals surface area contributed by atoms with Gasteiger partial charge < -0.3 is 0 Å². The molecule has 0 aliphatic carbocycles. The Bertz CT molecular complexity index is 1210. The van der Waals surface area contributed by atoms with Crippen LogP contribution in [0.25, 0.3) is 11.3 Å². The standard InChI is InChI=1S/C21H21N3O3S/c1-13-10-17(18-8-9-21(25)23-22-18)12-20(15(13)3)28(26,27)24-14(2)11-16-6-4-5-7-19(16)24/h4-10,12,14H,11H2,1-3H3,(H,23,25)/t14-/m1/s1. The van der Waals surface area contributed by atoms with Gasteiger partial charge in [0, 0.05) is 17.7 Å². The molecular formula is C21H21N3O3S.